The Hall–Kier alpha value is -4.14. The minimum Gasteiger partial charge on any atom is -0.462 e. The average molecular weight is 449 g/mol. The van der Waals surface area contributed by atoms with E-state index in [1.165, 1.54) is 6.07 Å². The van der Waals surface area contributed by atoms with Crippen LogP contribution in [-0.4, -0.2) is 35.1 Å². The second kappa shape index (κ2) is 8.78. The van der Waals surface area contributed by atoms with Gasteiger partial charge in [-0.25, -0.2) is 9.48 Å². The molecular formula is C24H23N3O6. The van der Waals surface area contributed by atoms with Gasteiger partial charge in [-0.15, -0.1) is 0 Å². The molecule has 3 aromatic rings. The molecule has 0 saturated heterocycles. The van der Waals surface area contributed by atoms with Crippen molar-refractivity contribution in [1.29, 1.82) is 0 Å². The van der Waals surface area contributed by atoms with Gasteiger partial charge in [0, 0.05) is 17.3 Å². The normalized spacial score (nSPS) is 12.3. The van der Waals surface area contributed by atoms with Crippen molar-refractivity contribution in [3.05, 3.63) is 70.5 Å². The zero-order valence-electron chi connectivity index (χ0n) is 18.5. The number of nitrogens with zero attached hydrogens (tertiary/aromatic N) is 2. The lowest BCUT2D eigenvalue weighted by molar-refractivity contribution is -0.123. The quantitative estimate of drug-likeness (QED) is 0.576. The summed E-state index contributed by atoms with van der Waals surface area (Å²) in [4.78, 5) is 37.5. The van der Waals surface area contributed by atoms with Crippen LogP contribution in [0.3, 0.4) is 0 Å². The van der Waals surface area contributed by atoms with E-state index in [4.69, 9.17) is 14.2 Å². The summed E-state index contributed by atoms with van der Waals surface area (Å²) in [6.07, 6.45) is 0. The van der Waals surface area contributed by atoms with Crippen LogP contribution >= 0.6 is 0 Å². The van der Waals surface area contributed by atoms with Gasteiger partial charge in [0.1, 0.15) is 5.54 Å². The van der Waals surface area contributed by atoms with E-state index in [1.54, 1.807) is 63.2 Å². The minimum absolute atomic E-state index is 0.152. The van der Waals surface area contributed by atoms with E-state index >= 15 is 0 Å². The van der Waals surface area contributed by atoms with Crippen molar-refractivity contribution in [3.8, 4) is 22.8 Å². The van der Waals surface area contributed by atoms with Gasteiger partial charge in [0.2, 0.25) is 6.79 Å². The largest absolute Gasteiger partial charge is 0.462 e. The second-order valence-corrected chi connectivity index (χ2v) is 7.85. The first-order chi connectivity index (χ1) is 15.8. The van der Waals surface area contributed by atoms with Gasteiger partial charge in [-0.3, -0.25) is 9.59 Å². The van der Waals surface area contributed by atoms with Crippen molar-refractivity contribution >= 4 is 17.6 Å². The Labute approximate surface area is 189 Å². The number of fused-ring (bicyclic) bond motifs is 1. The summed E-state index contributed by atoms with van der Waals surface area (Å²) in [5.41, 5.74) is 0.358. The molecule has 0 aliphatic carbocycles. The molecule has 1 aliphatic rings. The van der Waals surface area contributed by atoms with E-state index in [0.717, 1.165) is 10.2 Å². The second-order valence-electron chi connectivity index (χ2n) is 7.85. The number of hydrogen-bond acceptors (Lipinski definition) is 7. The Kier molecular flexibility index (Phi) is 5.87. The molecule has 0 saturated carbocycles. The highest BCUT2D eigenvalue weighted by Crippen LogP contribution is 2.35. The summed E-state index contributed by atoms with van der Waals surface area (Å²) >= 11 is 0. The third-order valence-corrected chi connectivity index (χ3v) is 5.21. The van der Waals surface area contributed by atoms with Gasteiger partial charge < -0.3 is 19.5 Å². The Morgan fingerprint density at radius 1 is 1.06 bits per heavy atom. The van der Waals surface area contributed by atoms with E-state index < -0.39 is 23.0 Å². The summed E-state index contributed by atoms with van der Waals surface area (Å²) in [6.45, 7) is 5.37. The topological polar surface area (TPSA) is 109 Å². The van der Waals surface area contributed by atoms with Gasteiger partial charge in [0.25, 0.3) is 11.5 Å². The zero-order valence-corrected chi connectivity index (χ0v) is 18.5. The van der Waals surface area contributed by atoms with E-state index in [-0.39, 0.29) is 13.4 Å². The van der Waals surface area contributed by atoms with Gasteiger partial charge >= 0.3 is 5.97 Å². The molecule has 0 bridgehead atoms. The third-order valence-electron chi connectivity index (χ3n) is 5.21. The Morgan fingerprint density at radius 2 is 1.79 bits per heavy atom. The number of anilines is 1. The molecule has 1 aromatic heterocycles. The molecule has 1 amide bonds. The van der Waals surface area contributed by atoms with Gasteiger partial charge in [-0.05, 0) is 69.3 Å². The number of esters is 1. The number of benzene rings is 2. The molecule has 0 unspecified atom stereocenters. The van der Waals surface area contributed by atoms with Crippen molar-refractivity contribution < 1.29 is 23.8 Å². The van der Waals surface area contributed by atoms with Crippen LogP contribution in [0.1, 0.15) is 31.1 Å². The van der Waals surface area contributed by atoms with Crippen molar-refractivity contribution in [2.24, 2.45) is 0 Å². The Morgan fingerprint density at radius 3 is 2.52 bits per heavy atom. The molecule has 2 heterocycles. The van der Waals surface area contributed by atoms with Crippen molar-refractivity contribution in [3.63, 3.8) is 0 Å². The van der Waals surface area contributed by atoms with E-state index in [1.807, 2.05) is 6.07 Å². The zero-order chi connectivity index (χ0) is 23.6. The number of nitrogens with one attached hydrogen (secondary N) is 1. The number of aromatic nitrogens is 2. The van der Waals surface area contributed by atoms with Gasteiger partial charge in [-0.1, -0.05) is 0 Å². The van der Waals surface area contributed by atoms with Crippen LogP contribution in [0.15, 0.2) is 59.4 Å². The molecule has 9 nitrogen and oxygen atoms in total. The monoisotopic (exact) mass is 449 g/mol. The Bertz CT molecular complexity index is 1260. The number of carbonyl (C=O) groups excluding carboxylic acids is 2. The average Bonchev–Trinajstić information content (AvgIpc) is 3.28. The summed E-state index contributed by atoms with van der Waals surface area (Å²) in [6, 6.07) is 14.6. The maximum Gasteiger partial charge on any atom is 0.338 e. The van der Waals surface area contributed by atoms with Gasteiger partial charge in [-0.2, -0.15) is 5.10 Å². The molecule has 4 rings (SSSR count). The predicted octanol–water partition coefficient (Wildman–Crippen LogP) is 3.19. The van der Waals surface area contributed by atoms with E-state index in [9.17, 15) is 14.4 Å². The number of amides is 1. The molecule has 9 heteroatoms. The third kappa shape index (κ3) is 4.43. The van der Waals surface area contributed by atoms with E-state index in [2.05, 4.69) is 10.4 Å². The predicted molar refractivity (Wildman–Crippen MR) is 120 cm³/mol. The lowest BCUT2D eigenvalue weighted by Gasteiger charge is -2.25. The molecule has 2 aromatic carbocycles. The van der Waals surface area contributed by atoms with Crippen LogP contribution in [0.5, 0.6) is 11.5 Å². The summed E-state index contributed by atoms with van der Waals surface area (Å²) < 4.78 is 16.8. The molecule has 0 spiro atoms. The number of rotatable bonds is 6. The van der Waals surface area contributed by atoms with E-state index in [0.29, 0.717) is 28.4 Å². The van der Waals surface area contributed by atoms with Crippen LogP contribution in [0.25, 0.3) is 11.3 Å². The maximum atomic E-state index is 13.1. The lowest BCUT2D eigenvalue weighted by atomic mass is 10.0. The fraction of sp³-hybridized carbons (Fsp3) is 0.250. The smallest absolute Gasteiger partial charge is 0.338 e. The number of hydrogen-bond donors (Lipinski definition) is 1. The van der Waals surface area contributed by atoms with Gasteiger partial charge in [0.15, 0.2) is 11.5 Å². The molecule has 33 heavy (non-hydrogen) atoms. The molecule has 0 radical (unpaired) electrons. The van der Waals surface area contributed by atoms with Crippen LogP contribution in [-0.2, 0) is 15.1 Å². The highest BCUT2D eigenvalue weighted by atomic mass is 16.7. The van der Waals surface area contributed by atoms with Crippen LogP contribution < -0.4 is 20.3 Å². The van der Waals surface area contributed by atoms with Crippen LogP contribution in [0.2, 0.25) is 0 Å². The van der Waals surface area contributed by atoms with Crippen molar-refractivity contribution in [1.82, 2.24) is 9.78 Å². The highest BCUT2D eigenvalue weighted by molar-refractivity contribution is 5.97. The number of carbonyl (C=O) groups is 2. The van der Waals surface area contributed by atoms with Crippen molar-refractivity contribution in [2.45, 2.75) is 26.3 Å². The standard InChI is InChI=1S/C24H23N3O6/c1-4-31-22(29)15-5-8-17(9-6-15)25-23(30)24(2,3)27-21(28)12-10-18(26-27)16-7-11-19-20(13-16)33-14-32-19/h5-13H,4,14H2,1-3H3,(H,25,30). The highest BCUT2D eigenvalue weighted by Gasteiger charge is 2.32. The molecule has 0 atom stereocenters. The molecule has 170 valence electrons. The molecular weight excluding hydrogens is 426 g/mol. The molecule has 0 fully saturated rings. The SMILES string of the molecule is CCOC(=O)c1ccc(NC(=O)C(C)(C)n2nc(-c3ccc4c(c3)OCO4)ccc2=O)cc1. The summed E-state index contributed by atoms with van der Waals surface area (Å²) in [7, 11) is 0. The first-order valence-corrected chi connectivity index (χ1v) is 10.4. The summed E-state index contributed by atoms with van der Waals surface area (Å²) in [5, 5.41) is 7.22. The maximum absolute atomic E-state index is 13.1. The molecule has 1 aliphatic heterocycles. The van der Waals surface area contributed by atoms with Crippen molar-refractivity contribution in [2.75, 3.05) is 18.7 Å². The fourth-order valence-corrected chi connectivity index (χ4v) is 3.31. The summed E-state index contributed by atoms with van der Waals surface area (Å²) in [5.74, 6) is 0.353. The van der Waals surface area contributed by atoms with Crippen LogP contribution in [0.4, 0.5) is 5.69 Å². The van der Waals surface area contributed by atoms with Crippen LogP contribution in [0, 0.1) is 0 Å². The van der Waals surface area contributed by atoms with Gasteiger partial charge in [0.05, 0.1) is 17.9 Å². The molecule has 1 N–H and O–H groups in total. The first-order valence-electron chi connectivity index (χ1n) is 10.4. The number of ether oxygens (including phenoxy) is 3. The lowest BCUT2D eigenvalue weighted by Crippen LogP contribution is -2.47. The minimum atomic E-state index is -1.30. The fourth-order valence-electron chi connectivity index (χ4n) is 3.31. The Balaban J connectivity index is 1.57. The first kappa shape index (κ1) is 22.1.